The van der Waals surface area contributed by atoms with E-state index in [1.165, 1.54) is 0 Å². The van der Waals surface area contributed by atoms with Crippen LogP contribution >= 0.6 is 0 Å². The number of carbonyl (C=O) groups is 1. The lowest BCUT2D eigenvalue weighted by atomic mass is 10.4. The molecule has 1 amide bonds. The van der Waals surface area contributed by atoms with Crippen molar-refractivity contribution in [3.05, 3.63) is 18.0 Å². The Hall–Kier alpha value is -1.36. The summed E-state index contributed by atoms with van der Waals surface area (Å²) in [6, 6.07) is 1.68. The molecule has 0 atom stereocenters. The third-order valence-corrected chi connectivity index (χ3v) is 1.61. The van der Waals surface area contributed by atoms with Crippen LogP contribution < -0.4 is 11.1 Å². The van der Waals surface area contributed by atoms with Crippen LogP contribution in [0.3, 0.4) is 0 Å². The fourth-order valence-corrected chi connectivity index (χ4v) is 0.931. The van der Waals surface area contributed by atoms with Gasteiger partial charge in [0.25, 0.3) is 5.91 Å². The monoisotopic (exact) mass is 182 g/mol. The van der Waals surface area contributed by atoms with Crippen molar-refractivity contribution in [2.75, 3.05) is 13.1 Å². The summed E-state index contributed by atoms with van der Waals surface area (Å²) in [5.74, 6) is -0.144. The molecule has 0 aliphatic carbocycles. The van der Waals surface area contributed by atoms with E-state index in [2.05, 4.69) is 10.4 Å². The second-order valence-electron chi connectivity index (χ2n) is 2.77. The Morgan fingerprint density at radius 2 is 2.54 bits per heavy atom. The minimum Gasteiger partial charge on any atom is -0.351 e. The summed E-state index contributed by atoms with van der Waals surface area (Å²) in [7, 11) is 1.77. The Morgan fingerprint density at radius 1 is 1.77 bits per heavy atom. The molecule has 5 heteroatoms. The first-order valence-electron chi connectivity index (χ1n) is 4.22. The van der Waals surface area contributed by atoms with Gasteiger partial charge < -0.3 is 11.1 Å². The maximum absolute atomic E-state index is 11.3. The first-order valence-corrected chi connectivity index (χ1v) is 4.22. The van der Waals surface area contributed by atoms with E-state index in [4.69, 9.17) is 5.73 Å². The fourth-order valence-electron chi connectivity index (χ4n) is 0.931. The Balaban J connectivity index is 2.40. The number of carbonyl (C=O) groups excluding carboxylic acids is 1. The number of nitrogens with zero attached hydrogens (tertiary/aromatic N) is 2. The highest BCUT2D eigenvalue weighted by Gasteiger charge is 2.06. The van der Waals surface area contributed by atoms with Gasteiger partial charge in [0.15, 0.2) is 0 Å². The van der Waals surface area contributed by atoms with Crippen molar-refractivity contribution in [2.45, 2.75) is 6.42 Å². The van der Waals surface area contributed by atoms with Gasteiger partial charge in [0.1, 0.15) is 5.69 Å². The summed E-state index contributed by atoms with van der Waals surface area (Å²) < 4.78 is 1.60. The number of nitrogens with one attached hydrogen (secondary N) is 1. The molecule has 3 N–H and O–H groups in total. The number of nitrogens with two attached hydrogens (primary N) is 1. The molecular weight excluding hydrogens is 168 g/mol. The standard InChI is InChI=1S/C8H14N4O/c1-12-6-3-7(11-12)8(13)10-5-2-4-9/h3,6H,2,4-5,9H2,1H3,(H,10,13). The molecule has 13 heavy (non-hydrogen) atoms. The van der Waals surface area contributed by atoms with E-state index in [1.54, 1.807) is 24.0 Å². The van der Waals surface area contributed by atoms with Gasteiger partial charge in [-0.3, -0.25) is 9.48 Å². The summed E-state index contributed by atoms with van der Waals surface area (Å²) in [6.07, 6.45) is 2.52. The van der Waals surface area contributed by atoms with Crippen LogP contribution in [0.1, 0.15) is 16.9 Å². The topological polar surface area (TPSA) is 72.9 Å². The van der Waals surface area contributed by atoms with Crippen molar-refractivity contribution in [1.82, 2.24) is 15.1 Å². The van der Waals surface area contributed by atoms with E-state index in [9.17, 15) is 4.79 Å². The molecule has 0 radical (unpaired) electrons. The minimum absolute atomic E-state index is 0.144. The van der Waals surface area contributed by atoms with Crippen molar-refractivity contribution >= 4 is 5.91 Å². The van der Waals surface area contributed by atoms with Crippen molar-refractivity contribution in [2.24, 2.45) is 12.8 Å². The Morgan fingerprint density at radius 3 is 3.08 bits per heavy atom. The maximum atomic E-state index is 11.3. The Bertz CT molecular complexity index is 281. The number of hydrogen-bond acceptors (Lipinski definition) is 3. The van der Waals surface area contributed by atoms with Crippen LogP contribution in [0.2, 0.25) is 0 Å². The SMILES string of the molecule is Cn1ccc(C(=O)NCCCN)n1. The number of aromatic nitrogens is 2. The quantitative estimate of drug-likeness (QED) is 0.616. The van der Waals surface area contributed by atoms with Crippen molar-refractivity contribution in [3.63, 3.8) is 0 Å². The molecule has 1 rings (SSSR count). The van der Waals surface area contributed by atoms with Crippen LogP contribution in [-0.4, -0.2) is 28.8 Å². The summed E-state index contributed by atoms with van der Waals surface area (Å²) in [6.45, 7) is 1.19. The molecular formula is C8H14N4O. The van der Waals surface area contributed by atoms with Crippen LogP contribution in [0.15, 0.2) is 12.3 Å². The predicted octanol–water partition coefficient (Wildman–Crippen LogP) is -0.501. The highest BCUT2D eigenvalue weighted by atomic mass is 16.1. The molecule has 0 bridgehead atoms. The van der Waals surface area contributed by atoms with Crippen LogP contribution in [0.5, 0.6) is 0 Å². The molecule has 0 unspecified atom stereocenters. The molecule has 1 heterocycles. The van der Waals surface area contributed by atoms with Gasteiger partial charge in [-0.2, -0.15) is 5.10 Å². The average molecular weight is 182 g/mol. The van der Waals surface area contributed by atoms with Gasteiger partial charge in [0.05, 0.1) is 0 Å². The van der Waals surface area contributed by atoms with Gasteiger partial charge in [-0.15, -0.1) is 0 Å². The molecule has 72 valence electrons. The van der Waals surface area contributed by atoms with E-state index in [0.29, 0.717) is 18.8 Å². The molecule has 0 aliphatic heterocycles. The largest absolute Gasteiger partial charge is 0.351 e. The molecule has 1 aromatic rings. The number of amides is 1. The van der Waals surface area contributed by atoms with Gasteiger partial charge in [0, 0.05) is 19.8 Å². The minimum atomic E-state index is -0.144. The maximum Gasteiger partial charge on any atom is 0.271 e. The Labute approximate surface area is 76.9 Å². The molecule has 0 fully saturated rings. The zero-order valence-electron chi connectivity index (χ0n) is 7.66. The molecule has 5 nitrogen and oxygen atoms in total. The van der Waals surface area contributed by atoms with Crippen LogP contribution in [0.4, 0.5) is 0 Å². The van der Waals surface area contributed by atoms with Gasteiger partial charge in [-0.05, 0) is 19.0 Å². The molecule has 1 aromatic heterocycles. The van der Waals surface area contributed by atoms with Crippen molar-refractivity contribution in [3.8, 4) is 0 Å². The third kappa shape index (κ3) is 2.87. The third-order valence-electron chi connectivity index (χ3n) is 1.61. The van der Waals surface area contributed by atoms with E-state index < -0.39 is 0 Å². The summed E-state index contributed by atoms with van der Waals surface area (Å²) in [5.41, 5.74) is 5.73. The lowest BCUT2D eigenvalue weighted by Crippen LogP contribution is -2.26. The smallest absolute Gasteiger partial charge is 0.271 e. The number of aryl methyl sites for hydroxylation is 1. The second kappa shape index (κ2) is 4.61. The van der Waals surface area contributed by atoms with Gasteiger partial charge >= 0.3 is 0 Å². The first-order chi connectivity index (χ1) is 6.24. The molecule has 0 saturated carbocycles. The van der Waals surface area contributed by atoms with Crippen molar-refractivity contribution < 1.29 is 4.79 Å². The van der Waals surface area contributed by atoms with Gasteiger partial charge in [0.2, 0.25) is 0 Å². The highest BCUT2D eigenvalue weighted by molar-refractivity contribution is 5.92. The van der Waals surface area contributed by atoms with Gasteiger partial charge in [-0.25, -0.2) is 0 Å². The lowest BCUT2D eigenvalue weighted by Gasteiger charge is -2.00. The van der Waals surface area contributed by atoms with Crippen LogP contribution in [0.25, 0.3) is 0 Å². The highest BCUT2D eigenvalue weighted by Crippen LogP contribution is 1.92. The zero-order chi connectivity index (χ0) is 9.68. The van der Waals surface area contributed by atoms with E-state index in [-0.39, 0.29) is 5.91 Å². The molecule has 0 aliphatic rings. The fraction of sp³-hybridized carbons (Fsp3) is 0.500. The zero-order valence-corrected chi connectivity index (χ0v) is 7.66. The molecule has 0 spiro atoms. The number of hydrogen-bond donors (Lipinski definition) is 2. The summed E-state index contributed by atoms with van der Waals surface area (Å²) in [4.78, 5) is 11.3. The lowest BCUT2D eigenvalue weighted by molar-refractivity contribution is 0.0948. The second-order valence-corrected chi connectivity index (χ2v) is 2.77. The van der Waals surface area contributed by atoms with E-state index in [1.807, 2.05) is 0 Å². The summed E-state index contributed by atoms with van der Waals surface area (Å²) in [5, 5.41) is 6.68. The first kappa shape index (κ1) is 9.73. The van der Waals surface area contributed by atoms with Crippen LogP contribution in [-0.2, 0) is 7.05 Å². The van der Waals surface area contributed by atoms with E-state index >= 15 is 0 Å². The summed E-state index contributed by atoms with van der Waals surface area (Å²) >= 11 is 0. The Kier molecular flexibility index (Phi) is 3.45. The van der Waals surface area contributed by atoms with Gasteiger partial charge in [-0.1, -0.05) is 0 Å². The average Bonchev–Trinajstić information content (AvgIpc) is 2.52. The molecule has 0 saturated heterocycles. The van der Waals surface area contributed by atoms with Crippen molar-refractivity contribution in [1.29, 1.82) is 0 Å². The predicted molar refractivity (Wildman–Crippen MR) is 49.2 cm³/mol. The normalized spacial score (nSPS) is 10.0. The molecule has 0 aromatic carbocycles. The number of rotatable bonds is 4. The van der Waals surface area contributed by atoms with E-state index in [0.717, 1.165) is 6.42 Å². The van der Waals surface area contributed by atoms with Crippen LogP contribution in [0, 0.1) is 0 Å².